The first kappa shape index (κ1) is 9.27. The zero-order valence-electron chi connectivity index (χ0n) is 8.80. The number of rotatable bonds is 0. The van der Waals surface area contributed by atoms with Crippen molar-refractivity contribution in [3.8, 4) is 12.0 Å². The van der Waals surface area contributed by atoms with Gasteiger partial charge in [0.05, 0.1) is 0 Å². The van der Waals surface area contributed by atoms with E-state index < -0.39 is 0 Å². The molecule has 0 aromatic heterocycles. The first-order valence-corrected chi connectivity index (χ1v) is 5.20. The average molecular weight is 185 g/mol. The van der Waals surface area contributed by atoms with Crippen molar-refractivity contribution in [2.24, 2.45) is 10.9 Å². The molecule has 0 spiro atoms. The second-order valence-electron chi connectivity index (χ2n) is 4.14. The van der Waals surface area contributed by atoms with E-state index in [0.29, 0.717) is 5.92 Å². The molecule has 2 rings (SSSR count). The Morgan fingerprint density at radius 1 is 1.43 bits per heavy atom. The molecular weight excluding hydrogens is 170 g/mol. The molecule has 2 aliphatic rings. The van der Waals surface area contributed by atoms with E-state index in [4.69, 9.17) is 0 Å². The summed E-state index contributed by atoms with van der Waals surface area (Å²) in [6.07, 6.45) is 7.77. The van der Waals surface area contributed by atoms with Gasteiger partial charge in [-0.2, -0.15) is 0 Å². The molecule has 1 aliphatic carbocycles. The number of hydrogen-bond acceptors (Lipinski definition) is 1. The van der Waals surface area contributed by atoms with Crippen LogP contribution in [-0.4, -0.2) is 5.71 Å². The normalized spacial score (nSPS) is 25.6. The minimum Gasteiger partial charge on any atom is -0.207 e. The Hall–Kier alpha value is -1.29. The maximum atomic E-state index is 4.18. The van der Waals surface area contributed by atoms with Crippen molar-refractivity contribution in [3.63, 3.8) is 0 Å². The summed E-state index contributed by atoms with van der Waals surface area (Å²) in [5.41, 5.74) is 3.88. The van der Waals surface area contributed by atoms with Crippen molar-refractivity contribution in [1.82, 2.24) is 0 Å². The predicted molar refractivity (Wildman–Crippen MR) is 60.1 cm³/mol. The quantitative estimate of drug-likeness (QED) is 0.514. The number of hydrogen-bond donors (Lipinski definition) is 0. The summed E-state index contributed by atoms with van der Waals surface area (Å²) in [6.45, 7) is 4.32. The van der Waals surface area contributed by atoms with E-state index in [1.54, 1.807) is 0 Å². The lowest BCUT2D eigenvalue weighted by Gasteiger charge is -2.17. The molecule has 1 heterocycles. The number of allylic oxidation sites excluding steroid dienone is 4. The predicted octanol–water partition coefficient (Wildman–Crippen LogP) is 3.09. The molecule has 0 aromatic carbocycles. The smallest absolute Gasteiger partial charge is 0.0390 e. The lowest BCUT2D eigenvalue weighted by Crippen LogP contribution is -2.04. The summed E-state index contributed by atoms with van der Waals surface area (Å²) in [6, 6.07) is 2.88. The van der Waals surface area contributed by atoms with Gasteiger partial charge in [-0.1, -0.05) is 24.6 Å². The summed E-state index contributed by atoms with van der Waals surface area (Å²) in [5, 5.41) is 0. The summed E-state index contributed by atoms with van der Waals surface area (Å²) in [7, 11) is 0. The maximum absolute atomic E-state index is 4.18. The largest absolute Gasteiger partial charge is 0.207 e. The molecule has 1 nitrogen and oxygen atoms in total. The van der Waals surface area contributed by atoms with E-state index >= 15 is 0 Å². The first-order chi connectivity index (χ1) is 6.75. The Kier molecular flexibility index (Phi) is 2.54. The Morgan fingerprint density at radius 2 is 2.29 bits per heavy atom. The van der Waals surface area contributed by atoms with Gasteiger partial charge in [0.15, 0.2) is 0 Å². The van der Waals surface area contributed by atoms with Crippen LogP contribution in [0.5, 0.6) is 0 Å². The van der Waals surface area contributed by atoms with Crippen molar-refractivity contribution < 1.29 is 0 Å². The van der Waals surface area contributed by atoms with Gasteiger partial charge >= 0.3 is 0 Å². The minimum absolute atomic E-state index is 0.673. The van der Waals surface area contributed by atoms with Crippen LogP contribution in [0.1, 0.15) is 33.1 Å². The fraction of sp³-hybridized carbons (Fsp3) is 0.462. The monoisotopic (exact) mass is 185 g/mol. The van der Waals surface area contributed by atoms with Gasteiger partial charge in [0, 0.05) is 17.3 Å². The molecule has 0 saturated carbocycles. The fourth-order valence-electron chi connectivity index (χ4n) is 1.88. The van der Waals surface area contributed by atoms with Crippen LogP contribution in [0.2, 0.25) is 0 Å². The van der Waals surface area contributed by atoms with E-state index in [1.807, 2.05) is 0 Å². The van der Waals surface area contributed by atoms with Gasteiger partial charge in [-0.25, -0.2) is 4.99 Å². The standard InChI is InChI=1S/C13H15N/c1-10-3-5-12-7-8-14-11(2)4-6-13(12)9-10/h3,5,10H,4,6,9H2,1-2H3. The zero-order valence-corrected chi connectivity index (χ0v) is 8.80. The molecule has 0 fully saturated rings. The molecule has 0 N–H and O–H groups in total. The Labute approximate surface area is 85.6 Å². The highest BCUT2D eigenvalue weighted by atomic mass is 14.7. The van der Waals surface area contributed by atoms with E-state index in [-0.39, 0.29) is 0 Å². The Bertz CT molecular complexity index is 385. The van der Waals surface area contributed by atoms with Crippen molar-refractivity contribution in [3.05, 3.63) is 23.3 Å². The molecular formula is C13H15N. The van der Waals surface area contributed by atoms with Crippen LogP contribution in [-0.2, 0) is 0 Å². The van der Waals surface area contributed by atoms with Crippen LogP contribution in [0.15, 0.2) is 28.3 Å². The second kappa shape index (κ2) is 3.84. The highest BCUT2D eigenvalue weighted by Crippen LogP contribution is 2.27. The third-order valence-corrected chi connectivity index (χ3v) is 2.77. The number of aliphatic imine (C=N–C) groups is 1. The van der Waals surface area contributed by atoms with Gasteiger partial charge in [-0.15, -0.1) is 0 Å². The van der Waals surface area contributed by atoms with Gasteiger partial charge < -0.3 is 0 Å². The third kappa shape index (κ3) is 1.96. The van der Waals surface area contributed by atoms with Gasteiger partial charge in [0.25, 0.3) is 0 Å². The Morgan fingerprint density at radius 3 is 3.14 bits per heavy atom. The summed E-state index contributed by atoms with van der Waals surface area (Å²) < 4.78 is 0. The second-order valence-corrected chi connectivity index (χ2v) is 4.14. The molecule has 0 bridgehead atoms. The fourth-order valence-corrected chi connectivity index (χ4v) is 1.88. The maximum Gasteiger partial charge on any atom is 0.0390 e. The molecule has 1 atom stereocenters. The van der Waals surface area contributed by atoms with Crippen molar-refractivity contribution in [1.29, 1.82) is 0 Å². The lowest BCUT2D eigenvalue weighted by atomic mass is 9.88. The lowest BCUT2D eigenvalue weighted by molar-refractivity contribution is 0.679. The summed E-state index contributed by atoms with van der Waals surface area (Å²) >= 11 is 0. The van der Waals surface area contributed by atoms with Crippen LogP contribution in [0.25, 0.3) is 0 Å². The average Bonchev–Trinajstić information content (AvgIpc) is 2.15. The van der Waals surface area contributed by atoms with E-state index in [9.17, 15) is 0 Å². The van der Waals surface area contributed by atoms with Crippen LogP contribution >= 0.6 is 0 Å². The zero-order chi connectivity index (χ0) is 9.97. The first-order valence-electron chi connectivity index (χ1n) is 5.20. The summed E-state index contributed by atoms with van der Waals surface area (Å²) in [5.74, 6) is 3.80. The van der Waals surface area contributed by atoms with Crippen LogP contribution in [0, 0.1) is 17.9 Å². The van der Waals surface area contributed by atoms with Crippen molar-refractivity contribution >= 4 is 5.71 Å². The Balaban J connectivity index is 2.30. The molecule has 0 amide bonds. The highest BCUT2D eigenvalue weighted by Gasteiger charge is 2.12. The SMILES string of the molecule is CC1=NC#CC2=C(CC1)CC(C)C=C2. The number of nitrogens with zero attached hydrogens (tertiary/aromatic N) is 1. The van der Waals surface area contributed by atoms with E-state index in [1.165, 1.54) is 17.6 Å². The minimum atomic E-state index is 0.673. The van der Waals surface area contributed by atoms with Gasteiger partial charge in [-0.3, -0.25) is 0 Å². The van der Waals surface area contributed by atoms with Crippen LogP contribution in [0.3, 0.4) is 0 Å². The van der Waals surface area contributed by atoms with Crippen LogP contribution in [0.4, 0.5) is 0 Å². The molecule has 1 unspecified atom stereocenters. The summed E-state index contributed by atoms with van der Waals surface area (Å²) in [4.78, 5) is 4.18. The van der Waals surface area contributed by atoms with Crippen molar-refractivity contribution in [2.75, 3.05) is 0 Å². The van der Waals surface area contributed by atoms with Gasteiger partial charge in [0.1, 0.15) is 0 Å². The molecule has 14 heavy (non-hydrogen) atoms. The van der Waals surface area contributed by atoms with Crippen molar-refractivity contribution in [2.45, 2.75) is 33.1 Å². The molecule has 1 aliphatic heterocycles. The topological polar surface area (TPSA) is 12.4 Å². The molecule has 0 radical (unpaired) electrons. The van der Waals surface area contributed by atoms with Gasteiger partial charge in [-0.05, 0) is 38.0 Å². The molecule has 0 aromatic rings. The van der Waals surface area contributed by atoms with E-state index in [2.05, 4.69) is 43.0 Å². The molecule has 1 heteroatoms. The van der Waals surface area contributed by atoms with Crippen LogP contribution < -0.4 is 0 Å². The molecule has 72 valence electrons. The highest BCUT2D eigenvalue weighted by molar-refractivity contribution is 5.83. The molecule has 0 saturated heterocycles. The van der Waals surface area contributed by atoms with Gasteiger partial charge in [0.2, 0.25) is 0 Å². The third-order valence-electron chi connectivity index (χ3n) is 2.77. The van der Waals surface area contributed by atoms with E-state index in [0.717, 1.165) is 18.6 Å².